The van der Waals surface area contributed by atoms with Gasteiger partial charge in [-0.3, -0.25) is 4.79 Å². The highest BCUT2D eigenvalue weighted by Crippen LogP contribution is 2.30. The molecule has 0 saturated carbocycles. The Labute approximate surface area is 145 Å². The number of hydrogen-bond donors (Lipinski definition) is 1. The van der Waals surface area contributed by atoms with Gasteiger partial charge in [-0.2, -0.15) is 4.31 Å². The van der Waals surface area contributed by atoms with E-state index in [1.807, 2.05) is 0 Å². The number of amides is 1. The average molecular weight is 366 g/mol. The minimum atomic E-state index is -3.64. The molecule has 1 aromatic heterocycles. The van der Waals surface area contributed by atoms with Gasteiger partial charge in [0.1, 0.15) is 16.0 Å². The van der Waals surface area contributed by atoms with E-state index < -0.39 is 16.1 Å². The number of rotatable bonds is 5. The van der Waals surface area contributed by atoms with Gasteiger partial charge < -0.3 is 10.1 Å². The molecular formula is C16H18N2O4S2. The summed E-state index contributed by atoms with van der Waals surface area (Å²) in [5.41, 5.74) is 0.533. The lowest BCUT2D eigenvalue weighted by atomic mass is 10.2. The molecule has 2 heterocycles. The van der Waals surface area contributed by atoms with Crippen LogP contribution in [0.1, 0.15) is 12.8 Å². The first-order valence-electron chi connectivity index (χ1n) is 7.53. The molecule has 1 N–H and O–H groups in total. The third-order valence-corrected chi connectivity index (χ3v) is 7.21. The Hall–Kier alpha value is -1.90. The number of para-hydroxylation sites is 2. The Balaban J connectivity index is 1.82. The Bertz CT molecular complexity index is 818. The predicted octanol–water partition coefficient (Wildman–Crippen LogP) is 2.55. The largest absolute Gasteiger partial charge is 0.495 e. The quantitative estimate of drug-likeness (QED) is 0.882. The molecule has 1 aliphatic rings. The van der Waals surface area contributed by atoms with Gasteiger partial charge in [-0.25, -0.2) is 8.42 Å². The van der Waals surface area contributed by atoms with Gasteiger partial charge >= 0.3 is 0 Å². The van der Waals surface area contributed by atoms with Crippen molar-refractivity contribution in [1.29, 1.82) is 0 Å². The molecule has 6 nitrogen and oxygen atoms in total. The molecule has 1 atom stereocenters. The molecule has 1 aliphatic heterocycles. The van der Waals surface area contributed by atoms with E-state index in [2.05, 4.69) is 5.32 Å². The van der Waals surface area contributed by atoms with E-state index >= 15 is 0 Å². The van der Waals surface area contributed by atoms with E-state index in [0.29, 0.717) is 30.8 Å². The Morgan fingerprint density at radius 2 is 2.08 bits per heavy atom. The van der Waals surface area contributed by atoms with Crippen molar-refractivity contribution >= 4 is 33.0 Å². The van der Waals surface area contributed by atoms with E-state index in [0.717, 1.165) is 11.3 Å². The fraction of sp³-hybridized carbons (Fsp3) is 0.312. The molecule has 0 radical (unpaired) electrons. The molecule has 0 spiro atoms. The van der Waals surface area contributed by atoms with Crippen molar-refractivity contribution in [1.82, 2.24) is 4.31 Å². The number of anilines is 1. The van der Waals surface area contributed by atoms with Gasteiger partial charge in [-0.15, -0.1) is 11.3 Å². The van der Waals surface area contributed by atoms with Crippen LogP contribution in [-0.2, 0) is 14.8 Å². The maximum absolute atomic E-state index is 12.7. The summed E-state index contributed by atoms with van der Waals surface area (Å²) in [6.45, 7) is 0.351. The zero-order chi connectivity index (χ0) is 17.2. The highest BCUT2D eigenvalue weighted by Gasteiger charge is 2.40. The van der Waals surface area contributed by atoms with Crippen molar-refractivity contribution in [3.63, 3.8) is 0 Å². The van der Waals surface area contributed by atoms with Crippen molar-refractivity contribution in [2.45, 2.75) is 23.1 Å². The number of carbonyl (C=O) groups excluding carboxylic acids is 1. The molecule has 128 valence electrons. The van der Waals surface area contributed by atoms with Gasteiger partial charge in [0.2, 0.25) is 5.91 Å². The second-order valence-electron chi connectivity index (χ2n) is 5.40. The van der Waals surface area contributed by atoms with Gasteiger partial charge in [0, 0.05) is 6.54 Å². The summed E-state index contributed by atoms with van der Waals surface area (Å²) in [7, 11) is -2.12. The average Bonchev–Trinajstić information content (AvgIpc) is 3.27. The van der Waals surface area contributed by atoms with Crippen LogP contribution in [0.4, 0.5) is 5.69 Å². The Morgan fingerprint density at radius 3 is 2.79 bits per heavy atom. The summed E-state index contributed by atoms with van der Waals surface area (Å²) in [5.74, 6) is 0.202. The van der Waals surface area contributed by atoms with Gasteiger partial charge in [0.25, 0.3) is 10.0 Å². The van der Waals surface area contributed by atoms with Crippen molar-refractivity contribution in [3.05, 3.63) is 41.8 Å². The second-order valence-corrected chi connectivity index (χ2v) is 8.46. The normalized spacial score (nSPS) is 18.5. The SMILES string of the molecule is COc1ccccc1NC(=O)C1CCCN1S(=O)(=O)c1cccs1. The molecule has 0 aliphatic carbocycles. The standard InChI is InChI=1S/C16H18N2O4S2/c1-22-14-8-3-2-6-12(14)17-16(19)13-7-4-10-18(13)24(20,21)15-9-5-11-23-15/h2-3,5-6,8-9,11,13H,4,7,10H2,1H3,(H,17,19). The van der Waals surface area contributed by atoms with Crippen LogP contribution < -0.4 is 10.1 Å². The minimum Gasteiger partial charge on any atom is -0.495 e. The van der Waals surface area contributed by atoms with Crippen molar-refractivity contribution < 1.29 is 17.9 Å². The van der Waals surface area contributed by atoms with Crippen LogP contribution >= 0.6 is 11.3 Å². The molecule has 1 amide bonds. The number of nitrogens with zero attached hydrogens (tertiary/aromatic N) is 1. The van der Waals surface area contributed by atoms with Crippen LogP contribution in [0.5, 0.6) is 5.75 Å². The fourth-order valence-corrected chi connectivity index (χ4v) is 5.56. The molecule has 1 unspecified atom stereocenters. The first-order valence-corrected chi connectivity index (χ1v) is 9.85. The lowest BCUT2D eigenvalue weighted by Gasteiger charge is -2.23. The number of sulfonamides is 1. The number of benzene rings is 1. The zero-order valence-electron chi connectivity index (χ0n) is 13.1. The summed E-state index contributed by atoms with van der Waals surface area (Å²) in [6.07, 6.45) is 1.17. The monoisotopic (exact) mass is 366 g/mol. The first kappa shape index (κ1) is 16.9. The molecule has 8 heteroatoms. The summed E-state index contributed by atoms with van der Waals surface area (Å²) in [6, 6.07) is 9.60. The topological polar surface area (TPSA) is 75.7 Å². The molecule has 1 fully saturated rings. The van der Waals surface area contributed by atoms with Crippen LogP contribution in [0.15, 0.2) is 46.0 Å². The number of carbonyl (C=O) groups is 1. The molecule has 0 bridgehead atoms. The van der Waals surface area contributed by atoms with Crippen LogP contribution in [-0.4, -0.2) is 38.3 Å². The van der Waals surface area contributed by atoms with E-state index in [4.69, 9.17) is 4.74 Å². The molecular weight excluding hydrogens is 348 g/mol. The third kappa shape index (κ3) is 3.17. The molecule has 3 rings (SSSR count). The van der Waals surface area contributed by atoms with Crippen LogP contribution in [0, 0.1) is 0 Å². The number of methoxy groups -OCH3 is 1. The predicted molar refractivity (Wildman–Crippen MR) is 92.9 cm³/mol. The Kier molecular flexibility index (Phi) is 4.88. The lowest BCUT2D eigenvalue weighted by Crippen LogP contribution is -2.42. The van der Waals surface area contributed by atoms with Crippen LogP contribution in [0.2, 0.25) is 0 Å². The molecule has 2 aromatic rings. The molecule has 24 heavy (non-hydrogen) atoms. The zero-order valence-corrected chi connectivity index (χ0v) is 14.8. The van der Waals surface area contributed by atoms with Gasteiger partial charge in [0.15, 0.2) is 0 Å². The van der Waals surface area contributed by atoms with E-state index in [9.17, 15) is 13.2 Å². The van der Waals surface area contributed by atoms with Gasteiger partial charge in [0.05, 0.1) is 12.8 Å². The van der Waals surface area contributed by atoms with Crippen molar-refractivity contribution in [2.24, 2.45) is 0 Å². The van der Waals surface area contributed by atoms with E-state index in [1.165, 1.54) is 11.4 Å². The number of ether oxygens (including phenoxy) is 1. The van der Waals surface area contributed by atoms with Crippen LogP contribution in [0.25, 0.3) is 0 Å². The minimum absolute atomic E-state index is 0.263. The lowest BCUT2D eigenvalue weighted by molar-refractivity contribution is -0.119. The molecule has 1 saturated heterocycles. The van der Waals surface area contributed by atoms with Gasteiger partial charge in [-0.05, 0) is 36.4 Å². The van der Waals surface area contributed by atoms with E-state index in [1.54, 1.807) is 41.8 Å². The highest BCUT2D eigenvalue weighted by atomic mass is 32.2. The number of thiophene rings is 1. The smallest absolute Gasteiger partial charge is 0.253 e. The number of hydrogen-bond acceptors (Lipinski definition) is 5. The maximum Gasteiger partial charge on any atom is 0.253 e. The van der Waals surface area contributed by atoms with E-state index in [-0.39, 0.29) is 10.1 Å². The van der Waals surface area contributed by atoms with Crippen molar-refractivity contribution in [3.8, 4) is 5.75 Å². The number of nitrogens with one attached hydrogen (secondary N) is 1. The first-order chi connectivity index (χ1) is 11.5. The highest BCUT2D eigenvalue weighted by molar-refractivity contribution is 7.91. The second kappa shape index (κ2) is 6.92. The summed E-state index contributed by atoms with van der Waals surface area (Å²) < 4.78 is 32.2. The van der Waals surface area contributed by atoms with Crippen molar-refractivity contribution in [2.75, 3.05) is 19.0 Å². The third-order valence-electron chi connectivity index (χ3n) is 3.93. The maximum atomic E-state index is 12.7. The fourth-order valence-electron chi connectivity index (χ4n) is 2.78. The summed E-state index contributed by atoms with van der Waals surface area (Å²) in [5, 5.41) is 4.50. The molecule has 1 aromatic carbocycles. The van der Waals surface area contributed by atoms with Gasteiger partial charge in [-0.1, -0.05) is 18.2 Å². The Morgan fingerprint density at radius 1 is 1.29 bits per heavy atom. The van der Waals surface area contributed by atoms with Crippen LogP contribution in [0.3, 0.4) is 0 Å². The summed E-state index contributed by atoms with van der Waals surface area (Å²) >= 11 is 1.16. The summed E-state index contributed by atoms with van der Waals surface area (Å²) in [4.78, 5) is 12.6.